The number of aromatic nitrogens is 3. The van der Waals surface area contributed by atoms with Crippen molar-refractivity contribution in [1.82, 2.24) is 19.9 Å². The highest BCUT2D eigenvalue weighted by Crippen LogP contribution is 2.47. The van der Waals surface area contributed by atoms with Gasteiger partial charge in [0.05, 0.1) is 34.8 Å². The maximum absolute atomic E-state index is 13.0. The Bertz CT molecular complexity index is 1900. The molecule has 0 aliphatic carbocycles. The first-order valence-electron chi connectivity index (χ1n) is 18.8. The van der Waals surface area contributed by atoms with Crippen molar-refractivity contribution in [3.05, 3.63) is 53.3 Å². The zero-order chi connectivity index (χ0) is 36.0. The van der Waals surface area contributed by atoms with Gasteiger partial charge in [0, 0.05) is 42.8 Å². The monoisotopic (exact) mass is 711 g/mol. The minimum atomic E-state index is -1.16. The Labute approximate surface area is 306 Å². The SMILES string of the molecule is Cc1cc2nc3sc2c(c1C(OC(C)(C)C)C(=O)O)-c1ccc2c(c1)C(CCCCC(C)CC1CN(C(C)C)CCN1c1cncc-3n1)CCO2. The Morgan fingerprint density at radius 1 is 1.08 bits per heavy atom. The maximum atomic E-state index is 13.0. The van der Waals surface area contributed by atoms with E-state index in [0.29, 0.717) is 29.5 Å². The normalized spacial score (nSPS) is 22.2. The summed E-state index contributed by atoms with van der Waals surface area (Å²) in [6, 6.07) is 9.27. The second kappa shape index (κ2) is 14.4. The van der Waals surface area contributed by atoms with Crippen LogP contribution >= 0.6 is 11.3 Å². The van der Waals surface area contributed by atoms with E-state index in [0.717, 1.165) is 101 Å². The fraction of sp³-hybridized carbons (Fsp3) is 0.561. The summed E-state index contributed by atoms with van der Waals surface area (Å²) >= 11 is 1.55. The number of carbonyl (C=O) groups is 1. The number of hydrogen-bond donors (Lipinski definition) is 1. The van der Waals surface area contributed by atoms with Crippen LogP contribution in [0.5, 0.6) is 5.75 Å². The number of aliphatic carboxylic acids is 1. The van der Waals surface area contributed by atoms with Crippen LogP contribution in [0.1, 0.15) is 109 Å². The van der Waals surface area contributed by atoms with E-state index in [-0.39, 0.29) is 0 Å². The Kier molecular flexibility index (Phi) is 10.1. The van der Waals surface area contributed by atoms with Gasteiger partial charge in [0.25, 0.3) is 0 Å². The molecule has 3 aliphatic heterocycles. The summed E-state index contributed by atoms with van der Waals surface area (Å²) in [6.45, 7) is 18.3. The highest BCUT2D eigenvalue weighted by Gasteiger charge is 2.34. The number of nitrogens with zero attached hydrogens (tertiary/aromatic N) is 5. The van der Waals surface area contributed by atoms with Gasteiger partial charge in [-0.2, -0.15) is 0 Å². The number of aryl methyl sites for hydroxylation is 1. The minimum absolute atomic E-state index is 0.352. The molecule has 4 unspecified atom stereocenters. The Morgan fingerprint density at radius 3 is 2.65 bits per heavy atom. The number of benzene rings is 2. The van der Waals surface area contributed by atoms with Crippen LogP contribution in [0.25, 0.3) is 32.0 Å². The molecular formula is C41H53N5O4S. The van der Waals surface area contributed by atoms with Crippen molar-refractivity contribution in [3.8, 4) is 27.6 Å². The fourth-order valence-corrected chi connectivity index (χ4v) is 9.45. The molecule has 0 radical (unpaired) electrons. The van der Waals surface area contributed by atoms with Crippen LogP contribution in [0, 0.1) is 12.8 Å². The predicted octanol–water partition coefficient (Wildman–Crippen LogP) is 9.03. The van der Waals surface area contributed by atoms with E-state index in [4.69, 9.17) is 24.4 Å². The molecule has 6 bridgehead atoms. The van der Waals surface area contributed by atoms with Crippen molar-refractivity contribution < 1.29 is 19.4 Å². The Hall–Kier alpha value is -3.60. The lowest BCUT2D eigenvalue weighted by Gasteiger charge is -2.44. The molecule has 4 aromatic rings. The molecule has 0 spiro atoms. The molecule has 3 aliphatic rings. The molecule has 1 saturated heterocycles. The number of carboxylic acids is 1. The Balaban J connectivity index is 1.42. The van der Waals surface area contributed by atoms with Crippen LogP contribution in [-0.4, -0.2) is 74.9 Å². The molecule has 1 N–H and O–H groups in total. The summed E-state index contributed by atoms with van der Waals surface area (Å²) < 4.78 is 13.5. The smallest absolute Gasteiger partial charge is 0.337 e. The van der Waals surface area contributed by atoms with Gasteiger partial charge in [-0.15, -0.1) is 11.3 Å². The summed E-state index contributed by atoms with van der Waals surface area (Å²) in [6.07, 6.45) is 9.32. The van der Waals surface area contributed by atoms with Gasteiger partial charge < -0.3 is 19.5 Å². The van der Waals surface area contributed by atoms with Crippen LogP contribution in [0.3, 0.4) is 0 Å². The highest BCUT2D eigenvalue weighted by atomic mass is 32.1. The largest absolute Gasteiger partial charge is 0.493 e. The molecule has 7 rings (SSSR count). The van der Waals surface area contributed by atoms with Gasteiger partial charge in [-0.3, -0.25) is 9.88 Å². The third-order valence-corrected chi connectivity index (χ3v) is 12.0. The van der Waals surface area contributed by atoms with E-state index in [2.05, 4.69) is 48.8 Å². The van der Waals surface area contributed by atoms with E-state index in [1.54, 1.807) is 11.3 Å². The van der Waals surface area contributed by atoms with Gasteiger partial charge in [0.2, 0.25) is 0 Å². The number of ether oxygens (including phenoxy) is 2. The molecule has 4 atom stereocenters. The first-order valence-corrected chi connectivity index (χ1v) is 19.6. The number of piperazine rings is 1. The maximum Gasteiger partial charge on any atom is 0.337 e. The lowest BCUT2D eigenvalue weighted by molar-refractivity contribution is -0.160. The second-order valence-electron chi connectivity index (χ2n) is 16.2. The quantitative estimate of drug-likeness (QED) is 0.222. The van der Waals surface area contributed by atoms with Gasteiger partial charge in [-0.1, -0.05) is 32.3 Å². The van der Waals surface area contributed by atoms with E-state index < -0.39 is 17.7 Å². The molecule has 51 heavy (non-hydrogen) atoms. The standard InChI is InChI=1S/C41H53N5O4S/c1-24(2)45-15-16-46-29(23-45)18-25(3)10-8-9-11-27-14-17-49-33-13-12-28(20-30(27)33)36-35(37(40(47)48)50-41(5,6)7)26(4)19-31-38(36)51-39(44-31)32-21-42-22-34(46)43-32/h12-13,19-22,24-25,27,29,37H,8-11,14-18,23H2,1-7H3,(H,47,48). The van der Waals surface area contributed by atoms with E-state index in [1.807, 2.05) is 46.2 Å². The molecule has 0 amide bonds. The number of thiazole rings is 1. The highest BCUT2D eigenvalue weighted by molar-refractivity contribution is 7.22. The third-order valence-electron chi connectivity index (χ3n) is 10.9. The lowest BCUT2D eigenvalue weighted by atomic mass is 9.84. The average Bonchev–Trinajstić information content (AvgIpc) is 3.51. The summed E-state index contributed by atoms with van der Waals surface area (Å²) in [5.74, 6) is 1.80. The molecule has 1 fully saturated rings. The average molecular weight is 712 g/mol. The van der Waals surface area contributed by atoms with Crippen molar-refractivity contribution in [2.75, 3.05) is 31.1 Å². The minimum Gasteiger partial charge on any atom is -0.493 e. The number of anilines is 1. The van der Waals surface area contributed by atoms with Crippen molar-refractivity contribution in [3.63, 3.8) is 0 Å². The molecule has 9 nitrogen and oxygen atoms in total. The summed E-state index contributed by atoms with van der Waals surface area (Å²) in [4.78, 5) is 33.2. The third kappa shape index (κ3) is 7.50. The topological polar surface area (TPSA) is 101 Å². The lowest BCUT2D eigenvalue weighted by Crippen LogP contribution is -2.55. The predicted molar refractivity (Wildman–Crippen MR) is 205 cm³/mol. The zero-order valence-corrected chi connectivity index (χ0v) is 32.1. The van der Waals surface area contributed by atoms with Crippen molar-refractivity contribution in [1.29, 1.82) is 0 Å². The number of carboxylic acid groups (broad SMARTS) is 1. The summed E-state index contributed by atoms with van der Waals surface area (Å²) in [5.41, 5.74) is 5.40. The van der Waals surface area contributed by atoms with Gasteiger partial charge in [0.15, 0.2) is 6.10 Å². The first-order chi connectivity index (χ1) is 24.4. The van der Waals surface area contributed by atoms with E-state index in [1.165, 1.54) is 18.4 Å². The summed E-state index contributed by atoms with van der Waals surface area (Å²) in [7, 11) is 0. The van der Waals surface area contributed by atoms with Crippen LogP contribution < -0.4 is 9.64 Å². The summed E-state index contributed by atoms with van der Waals surface area (Å²) in [5, 5.41) is 11.4. The number of rotatable bonds is 4. The van der Waals surface area contributed by atoms with Crippen LogP contribution in [0.2, 0.25) is 0 Å². The zero-order valence-electron chi connectivity index (χ0n) is 31.2. The Morgan fingerprint density at radius 2 is 1.88 bits per heavy atom. The first kappa shape index (κ1) is 35.8. The van der Waals surface area contributed by atoms with Crippen LogP contribution in [0.4, 0.5) is 5.82 Å². The number of hydrogen-bond acceptors (Lipinski definition) is 9. The van der Waals surface area contributed by atoms with E-state index >= 15 is 0 Å². The molecule has 272 valence electrons. The molecule has 5 heterocycles. The van der Waals surface area contributed by atoms with Gasteiger partial charge in [-0.05, 0) is 108 Å². The molecule has 10 heteroatoms. The van der Waals surface area contributed by atoms with Crippen LogP contribution in [0.15, 0.2) is 36.7 Å². The van der Waals surface area contributed by atoms with Gasteiger partial charge in [0.1, 0.15) is 22.3 Å². The second-order valence-corrected chi connectivity index (χ2v) is 17.2. The van der Waals surface area contributed by atoms with Crippen molar-refractivity contribution >= 4 is 33.3 Å². The molecule has 2 aromatic heterocycles. The molecule has 0 saturated carbocycles. The van der Waals surface area contributed by atoms with E-state index in [9.17, 15) is 9.90 Å². The van der Waals surface area contributed by atoms with Gasteiger partial charge in [-0.25, -0.2) is 14.8 Å². The molecule has 2 aromatic carbocycles. The fourth-order valence-electron chi connectivity index (χ4n) is 8.37. The van der Waals surface area contributed by atoms with Crippen LogP contribution in [-0.2, 0) is 9.53 Å². The van der Waals surface area contributed by atoms with Crippen molar-refractivity contribution in [2.24, 2.45) is 5.92 Å². The molecular weight excluding hydrogens is 659 g/mol. The van der Waals surface area contributed by atoms with Gasteiger partial charge >= 0.3 is 5.97 Å². The van der Waals surface area contributed by atoms with Crippen molar-refractivity contribution in [2.45, 2.75) is 117 Å². The number of fused-ring (bicyclic) bond motifs is 8.